The second-order valence-corrected chi connectivity index (χ2v) is 16.8. The summed E-state index contributed by atoms with van der Waals surface area (Å²) < 4.78 is 64.8. The Kier molecular flexibility index (Phi) is 11.1. The second kappa shape index (κ2) is 14.8. The molecule has 2 fully saturated rings. The molecule has 2 N–H and O–H groups in total. The maximum atomic E-state index is 13.7. The summed E-state index contributed by atoms with van der Waals surface area (Å²) in [6.45, 7) is 1.81. The van der Waals surface area contributed by atoms with Crippen LogP contribution in [-0.4, -0.2) is 104 Å². The lowest BCUT2D eigenvalue weighted by atomic mass is 10.2. The minimum Gasteiger partial charge on any atom is -0.497 e. The molecule has 0 aliphatic heterocycles. The first-order valence-corrected chi connectivity index (χ1v) is 19.3. The fourth-order valence-electron chi connectivity index (χ4n) is 5.76. The highest BCUT2D eigenvalue weighted by molar-refractivity contribution is 7.89. The summed E-state index contributed by atoms with van der Waals surface area (Å²) in [6, 6.07) is 17.9. The number of rotatable bonds is 15. The van der Waals surface area contributed by atoms with Gasteiger partial charge in [-0.1, -0.05) is 24.3 Å². The molecule has 0 amide bonds. The molecule has 272 valence electrons. The largest absolute Gasteiger partial charge is 0.497 e. The molecule has 2 aliphatic rings. The van der Waals surface area contributed by atoms with Crippen LogP contribution in [0.1, 0.15) is 36.8 Å². The van der Waals surface area contributed by atoms with Gasteiger partial charge in [0.05, 0.1) is 27.3 Å². The van der Waals surface area contributed by atoms with E-state index in [1.54, 1.807) is 42.0 Å². The van der Waals surface area contributed by atoms with E-state index < -0.39 is 20.0 Å². The van der Waals surface area contributed by atoms with Crippen molar-refractivity contribution in [1.82, 2.24) is 33.7 Å². The van der Waals surface area contributed by atoms with Gasteiger partial charge >= 0.3 is 0 Å². The smallest absolute Gasteiger partial charge is 0.262 e. The average Bonchev–Trinajstić information content (AvgIpc) is 3.93. The molecule has 0 atom stereocenters. The number of sulfonamides is 2. The number of hydrogen-bond acceptors (Lipinski definition) is 10. The second-order valence-electron chi connectivity index (χ2n) is 13.5. The first kappa shape index (κ1) is 37.5. The molecule has 0 saturated heterocycles. The van der Waals surface area contributed by atoms with Gasteiger partial charge in [-0.15, -0.1) is 0 Å². The van der Waals surface area contributed by atoms with Crippen LogP contribution in [0.4, 0.5) is 0 Å². The number of nitrogens with two attached hydrogens (primary N) is 1. The van der Waals surface area contributed by atoms with Crippen LogP contribution < -0.4 is 14.6 Å². The summed E-state index contributed by atoms with van der Waals surface area (Å²) >= 11 is 0. The van der Waals surface area contributed by atoms with E-state index in [4.69, 9.17) is 14.6 Å². The molecule has 16 heteroatoms. The molecule has 2 heterocycles. The van der Waals surface area contributed by atoms with Gasteiger partial charge in [0.2, 0.25) is 0 Å². The molecule has 4 aromatic rings. The highest BCUT2D eigenvalue weighted by Gasteiger charge is 2.46. The lowest BCUT2D eigenvalue weighted by molar-refractivity contribution is 0.233. The Hall–Kier alpha value is -3.80. The van der Waals surface area contributed by atoms with E-state index in [1.807, 2.05) is 62.6 Å². The normalized spacial score (nSPS) is 16.3. The van der Waals surface area contributed by atoms with Gasteiger partial charge in [0.15, 0.2) is 10.1 Å². The van der Waals surface area contributed by atoms with Crippen molar-refractivity contribution in [2.24, 2.45) is 5.14 Å². The van der Waals surface area contributed by atoms with Gasteiger partial charge in [-0.3, -0.25) is 9.36 Å². The van der Waals surface area contributed by atoms with Crippen molar-refractivity contribution in [3.8, 4) is 11.5 Å². The predicted octanol–water partition coefficient (Wildman–Crippen LogP) is 3.01. The van der Waals surface area contributed by atoms with Crippen molar-refractivity contribution in [2.45, 2.75) is 73.0 Å². The van der Waals surface area contributed by atoms with Crippen LogP contribution in [0.25, 0.3) is 0 Å². The summed E-state index contributed by atoms with van der Waals surface area (Å²) in [4.78, 5) is 4.35. The Bertz CT molecular complexity index is 1900. The fourth-order valence-corrected chi connectivity index (χ4v) is 7.58. The molecule has 6 rings (SSSR count). The number of benzene rings is 2. The Morgan fingerprint density at radius 3 is 1.36 bits per heavy atom. The van der Waals surface area contributed by atoms with Gasteiger partial charge in [-0.05, 0) is 101 Å². The zero-order valence-electron chi connectivity index (χ0n) is 29.6. The average molecular weight is 729 g/mol. The van der Waals surface area contributed by atoms with E-state index in [0.29, 0.717) is 13.1 Å². The summed E-state index contributed by atoms with van der Waals surface area (Å²) in [5.41, 5.74) is 1.93. The van der Waals surface area contributed by atoms with Crippen molar-refractivity contribution < 1.29 is 26.3 Å². The van der Waals surface area contributed by atoms with Crippen LogP contribution in [0.3, 0.4) is 0 Å². The van der Waals surface area contributed by atoms with Gasteiger partial charge in [0.25, 0.3) is 20.0 Å². The molecule has 2 aromatic heterocycles. The Morgan fingerprint density at radius 1 is 0.660 bits per heavy atom. The van der Waals surface area contributed by atoms with Crippen molar-refractivity contribution in [3.63, 3.8) is 0 Å². The van der Waals surface area contributed by atoms with E-state index >= 15 is 0 Å². The maximum Gasteiger partial charge on any atom is 0.262 e. The van der Waals surface area contributed by atoms with Gasteiger partial charge in [0, 0.05) is 36.6 Å². The number of likely N-dealkylation sites (N-methyl/N-ethyl adjacent to an activating group) is 2. The van der Waals surface area contributed by atoms with Crippen LogP contribution in [-0.2, 0) is 46.2 Å². The lowest BCUT2D eigenvalue weighted by Gasteiger charge is -2.23. The van der Waals surface area contributed by atoms with Crippen LogP contribution in [0.2, 0.25) is 0 Å². The zero-order chi connectivity index (χ0) is 36.3. The number of aromatic nitrogens is 4. The predicted molar refractivity (Wildman–Crippen MR) is 190 cm³/mol. The summed E-state index contributed by atoms with van der Waals surface area (Å²) in [6.07, 6.45) is 7.82. The van der Waals surface area contributed by atoms with Crippen LogP contribution in [0, 0.1) is 0 Å². The van der Waals surface area contributed by atoms with Gasteiger partial charge in [0.1, 0.15) is 11.5 Å². The summed E-state index contributed by atoms with van der Waals surface area (Å²) in [5.74, 6) is 1.45. The molecule has 2 aromatic carbocycles. The quantitative estimate of drug-likeness (QED) is 0.193. The lowest BCUT2D eigenvalue weighted by Crippen LogP contribution is -2.35. The number of hydrogen-bond donors (Lipinski definition) is 1. The highest BCUT2D eigenvalue weighted by atomic mass is 32.2. The number of primary sulfonamides is 1. The Morgan fingerprint density at radius 2 is 1.04 bits per heavy atom. The van der Waals surface area contributed by atoms with Crippen LogP contribution >= 0.6 is 0 Å². The molecular formula is C34H48N8O6S2. The van der Waals surface area contributed by atoms with Gasteiger partial charge < -0.3 is 19.3 Å². The van der Waals surface area contributed by atoms with Crippen molar-refractivity contribution in [2.75, 3.05) is 42.4 Å². The van der Waals surface area contributed by atoms with E-state index in [1.165, 1.54) is 10.4 Å². The van der Waals surface area contributed by atoms with Crippen LogP contribution in [0.15, 0.2) is 83.1 Å². The van der Waals surface area contributed by atoms with Crippen LogP contribution in [0.5, 0.6) is 11.5 Å². The molecule has 0 spiro atoms. The van der Waals surface area contributed by atoms with Crippen molar-refractivity contribution in [1.29, 1.82) is 0 Å². The van der Waals surface area contributed by atoms with Crippen molar-refractivity contribution in [3.05, 3.63) is 84.2 Å². The van der Waals surface area contributed by atoms with E-state index in [-0.39, 0.29) is 34.2 Å². The minimum atomic E-state index is -3.84. The summed E-state index contributed by atoms with van der Waals surface area (Å²) in [7, 11) is 3.85. The highest BCUT2D eigenvalue weighted by Crippen LogP contribution is 2.42. The molecule has 2 aliphatic carbocycles. The fraction of sp³-hybridized carbons (Fsp3) is 0.471. The Labute approximate surface area is 295 Å². The molecule has 0 bridgehead atoms. The third-order valence-electron chi connectivity index (χ3n) is 9.63. The number of ether oxygens (including phenoxy) is 2. The standard InChI is InChI=1S/C25H32N4O4S.C9H16N4O2S/c1-27(2)25(14-15-25)19-28-16-13-24(26-28)34(30,31)29(17-20-5-9-22(32-3)10-6-20)18-21-7-11-23(33-4)12-8-21;1-12(2)9(4-5-9)7-13-6-3-8(11-13)16(10,14)15/h5-13,16H,14-15,17-19H2,1-4H3;3,6H,4-5,7H2,1-2H3,(H2,10,14,15). The number of methoxy groups -OCH3 is 2. The third-order valence-corrected chi connectivity index (χ3v) is 12.1. The first-order chi connectivity index (χ1) is 23.6. The SMILES string of the molecule is CN(C)C1(Cn2ccc(S(N)(=O)=O)n2)CC1.COc1ccc(CN(Cc2ccc(OC)cc2)S(=O)(=O)c2ccn(CC3(N(C)C)CC3)n2)cc1. The minimum absolute atomic E-state index is 0.0593. The molecule has 0 unspecified atom stereocenters. The van der Waals surface area contributed by atoms with Gasteiger partial charge in [-0.2, -0.15) is 14.5 Å². The number of nitrogens with zero attached hydrogens (tertiary/aromatic N) is 7. The monoisotopic (exact) mass is 728 g/mol. The first-order valence-electron chi connectivity index (χ1n) is 16.3. The Balaban J connectivity index is 0.000000253. The summed E-state index contributed by atoms with van der Waals surface area (Å²) in [5, 5.41) is 13.4. The van der Waals surface area contributed by atoms with Crippen molar-refractivity contribution >= 4 is 20.0 Å². The molecule has 2 saturated carbocycles. The van der Waals surface area contributed by atoms with E-state index in [9.17, 15) is 16.8 Å². The molecular weight excluding hydrogens is 681 g/mol. The van der Waals surface area contributed by atoms with E-state index in [0.717, 1.165) is 48.3 Å². The maximum absolute atomic E-state index is 13.7. The topological polar surface area (TPSA) is 158 Å². The zero-order valence-corrected chi connectivity index (χ0v) is 31.2. The van der Waals surface area contributed by atoms with E-state index in [2.05, 4.69) is 34.1 Å². The van der Waals surface area contributed by atoms with Gasteiger partial charge in [-0.25, -0.2) is 22.0 Å². The molecule has 14 nitrogen and oxygen atoms in total. The molecule has 50 heavy (non-hydrogen) atoms. The third kappa shape index (κ3) is 8.91. The molecule has 0 radical (unpaired) electrons.